The summed E-state index contributed by atoms with van der Waals surface area (Å²) in [5, 5.41) is 2.68. The highest BCUT2D eigenvalue weighted by atomic mass is 32.2. The fraction of sp³-hybridized carbons (Fsp3) is 0.500. The summed E-state index contributed by atoms with van der Waals surface area (Å²) < 4.78 is 4.78. The fourth-order valence-corrected chi connectivity index (χ4v) is 3.94. The van der Waals surface area contributed by atoms with Crippen LogP contribution in [0, 0.1) is 0 Å². The number of nitrogens with zero attached hydrogens (tertiary/aromatic N) is 1. The van der Waals surface area contributed by atoms with Crippen LogP contribution in [-0.2, 0) is 25.5 Å². The van der Waals surface area contributed by atoms with Gasteiger partial charge in [0.15, 0.2) is 6.10 Å². The number of hydrogen-bond acceptors (Lipinski definition) is 5. The molecule has 0 radical (unpaired) electrons. The highest BCUT2D eigenvalue weighted by molar-refractivity contribution is 8.01. The lowest BCUT2D eigenvalue weighted by Gasteiger charge is -2.33. The van der Waals surface area contributed by atoms with Gasteiger partial charge in [0.1, 0.15) is 6.04 Å². The minimum atomic E-state index is -0.893. The molecule has 2 atom stereocenters. The molecular formula is C18H22N2O4S. The number of hydrogen-bond donors (Lipinski definition) is 1. The summed E-state index contributed by atoms with van der Waals surface area (Å²) in [5.41, 5.74) is 1.99. The summed E-state index contributed by atoms with van der Waals surface area (Å²) in [7, 11) is 0. The molecule has 2 unspecified atom stereocenters. The summed E-state index contributed by atoms with van der Waals surface area (Å²) in [6, 6.07) is 7.01. The zero-order chi connectivity index (χ0) is 18.2. The quantitative estimate of drug-likeness (QED) is 0.825. The molecule has 2 aliphatic rings. The first kappa shape index (κ1) is 17.8. The number of para-hydroxylation sites is 1. The van der Waals surface area contributed by atoms with E-state index in [2.05, 4.69) is 5.32 Å². The van der Waals surface area contributed by atoms with E-state index in [0.29, 0.717) is 12.3 Å². The maximum Gasteiger partial charge on any atom is 0.330 e. The first-order valence-corrected chi connectivity index (χ1v) is 9.33. The highest BCUT2D eigenvalue weighted by Gasteiger charge is 2.39. The zero-order valence-electron chi connectivity index (χ0n) is 14.6. The second kappa shape index (κ2) is 6.71. The standard InChI is InChI=1S/C18H22N2O4S/c1-11(15(21)20-9-8-12-6-4-5-7-14(12)20)24-16(22)13-10-25-18(2,3)17(23)19-13/h4-7,11,13H,8-10H2,1-3H3,(H,19,23). The lowest BCUT2D eigenvalue weighted by atomic mass is 10.1. The molecule has 0 bridgehead atoms. The van der Waals surface area contributed by atoms with Crippen LogP contribution < -0.4 is 10.2 Å². The molecule has 134 valence electrons. The number of amides is 2. The molecule has 0 aromatic heterocycles. The van der Waals surface area contributed by atoms with E-state index in [4.69, 9.17) is 4.74 Å². The Morgan fingerprint density at radius 3 is 2.80 bits per heavy atom. The van der Waals surface area contributed by atoms with Crippen molar-refractivity contribution in [2.24, 2.45) is 0 Å². The normalized spacial score (nSPS) is 22.8. The smallest absolute Gasteiger partial charge is 0.330 e. The van der Waals surface area contributed by atoms with Crippen molar-refractivity contribution in [1.82, 2.24) is 5.32 Å². The van der Waals surface area contributed by atoms with Crippen LogP contribution in [0.1, 0.15) is 26.3 Å². The summed E-state index contributed by atoms with van der Waals surface area (Å²) in [6.07, 6.45) is -0.0945. The third-order valence-electron chi connectivity index (χ3n) is 4.54. The topological polar surface area (TPSA) is 75.7 Å². The number of carbonyl (C=O) groups excluding carboxylic acids is 3. The third kappa shape index (κ3) is 3.51. The van der Waals surface area contributed by atoms with E-state index < -0.39 is 22.9 Å². The van der Waals surface area contributed by atoms with Gasteiger partial charge in [0.05, 0.1) is 4.75 Å². The lowest BCUT2D eigenvalue weighted by molar-refractivity contribution is -0.156. The monoisotopic (exact) mass is 362 g/mol. The van der Waals surface area contributed by atoms with Gasteiger partial charge in [-0.05, 0) is 38.8 Å². The number of benzene rings is 1. The van der Waals surface area contributed by atoms with Crippen LogP contribution in [0.2, 0.25) is 0 Å². The predicted octanol–water partition coefficient (Wildman–Crippen LogP) is 1.52. The largest absolute Gasteiger partial charge is 0.451 e. The molecule has 1 saturated heterocycles. The van der Waals surface area contributed by atoms with Crippen LogP contribution in [0.3, 0.4) is 0 Å². The second-order valence-corrected chi connectivity index (χ2v) is 8.44. The highest BCUT2D eigenvalue weighted by Crippen LogP contribution is 2.30. The molecule has 0 spiro atoms. The van der Waals surface area contributed by atoms with Gasteiger partial charge in [0.2, 0.25) is 5.91 Å². The Labute approximate surface area is 151 Å². The minimum absolute atomic E-state index is 0.196. The van der Waals surface area contributed by atoms with Gasteiger partial charge in [-0.2, -0.15) is 0 Å². The molecule has 7 heteroatoms. The molecule has 0 saturated carbocycles. The fourth-order valence-electron chi connectivity index (χ4n) is 2.95. The average Bonchev–Trinajstić information content (AvgIpc) is 3.00. The van der Waals surface area contributed by atoms with E-state index in [1.165, 1.54) is 11.8 Å². The van der Waals surface area contributed by atoms with Gasteiger partial charge in [-0.1, -0.05) is 18.2 Å². The summed E-state index contributed by atoms with van der Waals surface area (Å²) >= 11 is 1.41. The van der Waals surface area contributed by atoms with Crippen molar-refractivity contribution in [3.63, 3.8) is 0 Å². The summed E-state index contributed by atoms with van der Waals surface area (Å²) in [5.74, 6) is -0.568. The van der Waals surface area contributed by atoms with Crippen LogP contribution >= 0.6 is 11.8 Å². The van der Waals surface area contributed by atoms with Crippen LogP contribution in [0.4, 0.5) is 5.69 Å². The molecule has 25 heavy (non-hydrogen) atoms. The van der Waals surface area contributed by atoms with E-state index in [0.717, 1.165) is 17.7 Å². The van der Waals surface area contributed by atoms with Crippen LogP contribution in [0.5, 0.6) is 0 Å². The number of rotatable bonds is 3. The molecule has 2 amide bonds. The Hall–Kier alpha value is -2.02. The first-order chi connectivity index (χ1) is 11.8. The molecule has 3 rings (SSSR count). The van der Waals surface area contributed by atoms with Crippen LogP contribution in [0.25, 0.3) is 0 Å². The van der Waals surface area contributed by atoms with Crippen LogP contribution in [-0.4, -0.2) is 47.0 Å². The number of anilines is 1. The Morgan fingerprint density at radius 1 is 1.36 bits per heavy atom. The molecule has 1 fully saturated rings. The Balaban J connectivity index is 1.61. The Morgan fingerprint density at radius 2 is 2.08 bits per heavy atom. The molecule has 2 aliphatic heterocycles. The molecule has 6 nitrogen and oxygen atoms in total. The predicted molar refractivity (Wildman–Crippen MR) is 96.5 cm³/mol. The van der Waals surface area contributed by atoms with Gasteiger partial charge >= 0.3 is 5.97 Å². The summed E-state index contributed by atoms with van der Waals surface area (Å²) in [6.45, 7) is 5.78. The zero-order valence-corrected chi connectivity index (χ0v) is 15.4. The number of thioether (sulfide) groups is 1. The Bertz CT molecular complexity index is 719. The average molecular weight is 362 g/mol. The first-order valence-electron chi connectivity index (χ1n) is 8.34. The van der Waals surface area contributed by atoms with Gasteiger partial charge in [0.25, 0.3) is 5.91 Å². The van der Waals surface area contributed by atoms with Crippen molar-refractivity contribution in [2.45, 2.75) is 44.1 Å². The third-order valence-corrected chi connectivity index (χ3v) is 5.95. The van der Waals surface area contributed by atoms with Crippen molar-refractivity contribution in [3.05, 3.63) is 29.8 Å². The SMILES string of the molecule is CC(OC(=O)C1CSC(C)(C)C(=O)N1)C(=O)N1CCc2ccccc21. The van der Waals surface area contributed by atoms with Crippen molar-refractivity contribution < 1.29 is 19.1 Å². The molecule has 1 aromatic carbocycles. The number of nitrogens with one attached hydrogen (secondary N) is 1. The van der Waals surface area contributed by atoms with Crippen LogP contribution in [0.15, 0.2) is 24.3 Å². The van der Waals surface area contributed by atoms with Crippen molar-refractivity contribution >= 4 is 35.2 Å². The second-order valence-electron chi connectivity index (χ2n) is 6.80. The van der Waals surface area contributed by atoms with E-state index in [-0.39, 0.29) is 11.8 Å². The van der Waals surface area contributed by atoms with Gasteiger partial charge < -0.3 is 15.0 Å². The molecule has 1 N–H and O–H groups in total. The lowest BCUT2D eigenvalue weighted by Crippen LogP contribution is -2.55. The Kier molecular flexibility index (Phi) is 4.77. The number of carbonyl (C=O) groups is 3. The maximum absolute atomic E-state index is 12.6. The van der Waals surface area contributed by atoms with Gasteiger partial charge in [-0.25, -0.2) is 4.79 Å². The molecule has 0 aliphatic carbocycles. The van der Waals surface area contributed by atoms with Crippen molar-refractivity contribution in [1.29, 1.82) is 0 Å². The number of ether oxygens (including phenoxy) is 1. The number of esters is 1. The van der Waals surface area contributed by atoms with Gasteiger partial charge in [0, 0.05) is 18.0 Å². The maximum atomic E-state index is 12.6. The molecular weight excluding hydrogens is 340 g/mol. The van der Waals surface area contributed by atoms with E-state index in [9.17, 15) is 14.4 Å². The van der Waals surface area contributed by atoms with Gasteiger partial charge in [-0.15, -0.1) is 11.8 Å². The van der Waals surface area contributed by atoms with Crippen molar-refractivity contribution in [2.75, 3.05) is 17.2 Å². The molecule has 1 aromatic rings. The summed E-state index contributed by atoms with van der Waals surface area (Å²) in [4.78, 5) is 38.6. The van der Waals surface area contributed by atoms with Crippen molar-refractivity contribution in [3.8, 4) is 0 Å². The van der Waals surface area contributed by atoms with E-state index in [1.807, 2.05) is 38.1 Å². The van der Waals surface area contributed by atoms with E-state index in [1.54, 1.807) is 11.8 Å². The minimum Gasteiger partial charge on any atom is -0.451 e. The number of fused-ring (bicyclic) bond motifs is 1. The van der Waals surface area contributed by atoms with E-state index >= 15 is 0 Å². The van der Waals surface area contributed by atoms with Gasteiger partial charge in [-0.3, -0.25) is 9.59 Å². The molecule has 2 heterocycles.